The SMILES string of the molecule is C=CC(=O)Nc1ccc(F)c(Oc2cccc3nc(Nc4ccc5ncsc5c4)nn23)c1. The highest BCUT2D eigenvalue weighted by Crippen LogP contribution is 2.29. The summed E-state index contributed by atoms with van der Waals surface area (Å²) in [5, 5.41) is 10.2. The van der Waals surface area contributed by atoms with Crippen LogP contribution in [0.25, 0.3) is 15.9 Å². The fourth-order valence-corrected chi connectivity index (χ4v) is 3.76. The molecule has 10 heteroatoms. The molecule has 0 radical (unpaired) electrons. The Morgan fingerprint density at radius 2 is 2.03 bits per heavy atom. The first-order valence-electron chi connectivity index (χ1n) is 9.46. The van der Waals surface area contributed by atoms with E-state index in [0.717, 1.165) is 22.0 Å². The largest absolute Gasteiger partial charge is 0.436 e. The molecule has 0 saturated carbocycles. The number of carbonyl (C=O) groups excluding carboxylic acids is 1. The fraction of sp³-hybridized carbons (Fsp3) is 0. The molecule has 2 aromatic carbocycles. The third-order valence-electron chi connectivity index (χ3n) is 4.51. The lowest BCUT2D eigenvalue weighted by atomic mass is 10.3. The molecule has 5 aromatic rings. The number of thiazole rings is 1. The summed E-state index contributed by atoms with van der Waals surface area (Å²) in [5.41, 5.74) is 4.42. The number of aromatic nitrogens is 4. The van der Waals surface area contributed by atoms with Gasteiger partial charge in [0, 0.05) is 23.5 Å². The third kappa shape index (κ3) is 3.86. The molecule has 0 bridgehead atoms. The van der Waals surface area contributed by atoms with Crippen molar-refractivity contribution in [1.29, 1.82) is 0 Å². The molecule has 3 heterocycles. The Labute approximate surface area is 185 Å². The number of nitrogens with zero attached hydrogens (tertiary/aromatic N) is 4. The van der Waals surface area contributed by atoms with Crippen LogP contribution in [-0.4, -0.2) is 25.5 Å². The summed E-state index contributed by atoms with van der Waals surface area (Å²) in [5.74, 6) is -0.451. The lowest BCUT2D eigenvalue weighted by Gasteiger charge is -2.10. The molecule has 0 unspecified atom stereocenters. The highest BCUT2D eigenvalue weighted by atomic mass is 32.1. The van der Waals surface area contributed by atoms with Crippen LogP contribution in [-0.2, 0) is 4.79 Å². The van der Waals surface area contributed by atoms with E-state index in [4.69, 9.17) is 4.74 Å². The number of rotatable bonds is 6. The van der Waals surface area contributed by atoms with E-state index in [-0.39, 0.29) is 11.6 Å². The molecule has 0 aliphatic heterocycles. The number of hydrogen-bond donors (Lipinski definition) is 2. The van der Waals surface area contributed by atoms with Crippen LogP contribution in [0.4, 0.5) is 21.7 Å². The van der Waals surface area contributed by atoms with E-state index in [1.165, 1.54) is 22.7 Å². The Hall–Kier alpha value is -4.31. The fourth-order valence-electron chi connectivity index (χ4n) is 3.04. The van der Waals surface area contributed by atoms with E-state index in [2.05, 4.69) is 32.3 Å². The molecule has 32 heavy (non-hydrogen) atoms. The molecule has 8 nitrogen and oxygen atoms in total. The predicted octanol–water partition coefficient (Wildman–Crippen LogP) is 5.14. The van der Waals surface area contributed by atoms with Gasteiger partial charge in [-0.05, 0) is 42.5 Å². The van der Waals surface area contributed by atoms with Gasteiger partial charge in [-0.15, -0.1) is 16.4 Å². The lowest BCUT2D eigenvalue weighted by Crippen LogP contribution is -2.07. The number of ether oxygens (including phenoxy) is 1. The molecule has 0 aliphatic carbocycles. The van der Waals surface area contributed by atoms with Gasteiger partial charge in [-0.2, -0.15) is 9.50 Å². The van der Waals surface area contributed by atoms with E-state index in [1.54, 1.807) is 35.0 Å². The van der Waals surface area contributed by atoms with Crippen LogP contribution in [0.5, 0.6) is 11.6 Å². The minimum Gasteiger partial charge on any atom is -0.436 e. The molecule has 0 atom stereocenters. The molecule has 3 aromatic heterocycles. The molecule has 1 amide bonds. The quantitative estimate of drug-likeness (QED) is 0.351. The van der Waals surface area contributed by atoms with Gasteiger partial charge in [-0.25, -0.2) is 9.37 Å². The first-order chi connectivity index (χ1) is 15.6. The molecule has 5 rings (SSSR count). The van der Waals surface area contributed by atoms with Crippen molar-refractivity contribution in [3.63, 3.8) is 0 Å². The van der Waals surface area contributed by atoms with E-state index in [0.29, 0.717) is 17.3 Å². The van der Waals surface area contributed by atoms with Gasteiger partial charge < -0.3 is 15.4 Å². The number of amides is 1. The summed E-state index contributed by atoms with van der Waals surface area (Å²) in [4.78, 5) is 20.2. The van der Waals surface area contributed by atoms with Gasteiger partial charge in [0.15, 0.2) is 17.2 Å². The number of nitrogens with one attached hydrogen (secondary N) is 2. The standard InChI is InChI=1S/C22H15FN6O2S/c1-2-20(30)25-13-6-8-15(23)17(10-13)31-21-5-3-4-19-27-22(28-29(19)21)26-14-7-9-16-18(11-14)32-12-24-16/h2-12H,1H2,(H,25,30)(H,26,28). The van der Waals surface area contributed by atoms with E-state index >= 15 is 0 Å². The average Bonchev–Trinajstić information content (AvgIpc) is 3.42. The van der Waals surface area contributed by atoms with Crippen LogP contribution >= 0.6 is 11.3 Å². The monoisotopic (exact) mass is 446 g/mol. The van der Waals surface area contributed by atoms with Gasteiger partial charge in [0.2, 0.25) is 17.7 Å². The number of benzene rings is 2. The highest BCUT2D eigenvalue weighted by Gasteiger charge is 2.13. The second kappa shape index (κ2) is 8.08. The Bertz CT molecular complexity index is 1480. The maximum atomic E-state index is 14.3. The Morgan fingerprint density at radius 1 is 1.16 bits per heavy atom. The van der Waals surface area contributed by atoms with Gasteiger partial charge in [0.05, 0.1) is 15.7 Å². The first kappa shape index (κ1) is 19.6. The number of anilines is 3. The summed E-state index contributed by atoms with van der Waals surface area (Å²) in [6, 6.07) is 14.9. The minimum atomic E-state index is -0.588. The van der Waals surface area contributed by atoms with Gasteiger partial charge in [0.25, 0.3) is 0 Å². The zero-order valence-electron chi connectivity index (χ0n) is 16.4. The van der Waals surface area contributed by atoms with Crippen molar-refractivity contribution in [3.8, 4) is 11.6 Å². The molecule has 0 saturated heterocycles. The Kier molecular flexibility index (Phi) is 4.96. The topological polar surface area (TPSA) is 93.4 Å². The van der Waals surface area contributed by atoms with Gasteiger partial charge in [-0.3, -0.25) is 4.79 Å². The van der Waals surface area contributed by atoms with Crippen molar-refractivity contribution in [2.45, 2.75) is 0 Å². The van der Waals surface area contributed by atoms with Gasteiger partial charge >= 0.3 is 0 Å². The van der Waals surface area contributed by atoms with Crippen molar-refractivity contribution in [3.05, 3.63) is 78.6 Å². The number of carbonyl (C=O) groups is 1. The molecular formula is C22H15FN6O2S. The van der Waals surface area contributed by atoms with Crippen LogP contribution in [0.2, 0.25) is 0 Å². The molecular weight excluding hydrogens is 431 g/mol. The van der Waals surface area contributed by atoms with Crippen LogP contribution in [0.1, 0.15) is 0 Å². The smallest absolute Gasteiger partial charge is 0.247 e. The molecule has 0 fully saturated rings. The second-order valence-electron chi connectivity index (χ2n) is 6.67. The zero-order chi connectivity index (χ0) is 22.1. The van der Waals surface area contributed by atoms with Crippen LogP contribution in [0, 0.1) is 5.82 Å². The van der Waals surface area contributed by atoms with Crippen molar-refractivity contribution in [1.82, 2.24) is 19.6 Å². The molecule has 2 N–H and O–H groups in total. The highest BCUT2D eigenvalue weighted by molar-refractivity contribution is 7.16. The number of pyridine rings is 1. The van der Waals surface area contributed by atoms with E-state index in [1.807, 2.05) is 18.2 Å². The zero-order valence-corrected chi connectivity index (χ0v) is 17.3. The minimum absolute atomic E-state index is 0.0694. The van der Waals surface area contributed by atoms with Crippen molar-refractivity contribution >= 4 is 50.4 Å². The summed E-state index contributed by atoms with van der Waals surface area (Å²) >= 11 is 1.54. The van der Waals surface area contributed by atoms with Crippen molar-refractivity contribution in [2.24, 2.45) is 0 Å². The third-order valence-corrected chi connectivity index (χ3v) is 5.30. The lowest BCUT2D eigenvalue weighted by molar-refractivity contribution is -0.111. The molecule has 0 spiro atoms. The van der Waals surface area contributed by atoms with Crippen LogP contribution in [0.3, 0.4) is 0 Å². The van der Waals surface area contributed by atoms with Crippen molar-refractivity contribution in [2.75, 3.05) is 10.6 Å². The van der Waals surface area contributed by atoms with Gasteiger partial charge in [0.1, 0.15) is 0 Å². The predicted molar refractivity (Wildman–Crippen MR) is 121 cm³/mol. The average molecular weight is 446 g/mol. The maximum Gasteiger partial charge on any atom is 0.247 e. The van der Waals surface area contributed by atoms with Crippen molar-refractivity contribution < 1.29 is 13.9 Å². The first-order valence-corrected chi connectivity index (χ1v) is 10.3. The molecule has 0 aliphatic rings. The molecule has 158 valence electrons. The Morgan fingerprint density at radius 3 is 2.91 bits per heavy atom. The Balaban J connectivity index is 1.44. The summed E-state index contributed by atoms with van der Waals surface area (Å²) in [7, 11) is 0. The summed E-state index contributed by atoms with van der Waals surface area (Å²) in [6.45, 7) is 3.40. The van der Waals surface area contributed by atoms with Crippen LogP contribution < -0.4 is 15.4 Å². The second-order valence-corrected chi connectivity index (χ2v) is 7.56. The number of fused-ring (bicyclic) bond motifs is 2. The summed E-state index contributed by atoms with van der Waals surface area (Å²) < 4.78 is 22.6. The number of hydrogen-bond acceptors (Lipinski definition) is 7. The number of halogens is 1. The maximum absolute atomic E-state index is 14.3. The van der Waals surface area contributed by atoms with Crippen LogP contribution in [0.15, 0.2) is 72.8 Å². The summed E-state index contributed by atoms with van der Waals surface area (Å²) in [6.07, 6.45) is 1.13. The normalized spacial score (nSPS) is 10.9. The van der Waals surface area contributed by atoms with Gasteiger partial charge in [-0.1, -0.05) is 12.6 Å². The van der Waals surface area contributed by atoms with E-state index < -0.39 is 11.7 Å². The van der Waals surface area contributed by atoms with E-state index in [9.17, 15) is 9.18 Å².